The van der Waals surface area contributed by atoms with E-state index in [4.69, 9.17) is 16.6 Å². The number of benzene rings is 1. The summed E-state index contributed by atoms with van der Waals surface area (Å²) >= 11 is 8.15. The lowest BCUT2D eigenvalue weighted by Crippen LogP contribution is -2.49. The van der Waals surface area contributed by atoms with Crippen LogP contribution in [-0.4, -0.2) is 45.5 Å². The van der Waals surface area contributed by atoms with Crippen LogP contribution >= 0.6 is 23.4 Å². The zero-order valence-corrected chi connectivity index (χ0v) is 17.8. The lowest BCUT2D eigenvalue weighted by Gasteiger charge is -2.38. The van der Waals surface area contributed by atoms with Crippen molar-refractivity contribution in [2.45, 2.75) is 43.3 Å². The van der Waals surface area contributed by atoms with E-state index in [-0.39, 0.29) is 18.0 Å². The Morgan fingerprint density at radius 2 is 2.17 bits per heavy atom. The number of halogens is 2. The number of hydrogen-bond donors (Lipinski definition) is 1. The lowest BCUT2D eigenvalue weighted by atomic mass is 9.90. The van der Waals surface area contributed by atoms with Crippen molar-refractivity contribution in [1.29, 1.82) is 0 Å². The number of likely N-dealkylation sites (tertiary alicyclic amines) is 1. The van der Waals surface area contributed by atoms with Crippen molar-refractivity contribution in [1.82, 2.24) is 15.2 Å². The Morgan fingerprint density at radius 3 is 2.97 bits per heavy atom. The van der Waals surface area contributed by atoms with Crippen LogP contribution in [0.25, 0.3) is 0 Å². The molecule has 152 valence electrons. The van der Waals surface area contributed by atoms with Crippen molar-refractivity contribution in [2.75, 3.05) is 13.1 Å². The molecule has 0 amide bonds. The molecular weight excluding hydrogens is 407 g/mol. The van der Waals surface area contributed by atoms with Crippen LogP contribution in [0.4, 0.5) is 4.39 Å². The van der Waals surface area contributed by atoms with Gasteiger partial charge < -0.3 is 5.32 Å². The highest BCUT2D eigenvalue weighted by Gasteiger charge is 2.43. The van der Waals surface area contributed by atoms with Gasteiger partial charge in [-0.25, -0.2) is 4.39 Å². The van der Waals surface area contributed by atoms with E-state index in [9.17, 15) is 4.39 Å². The molecule has 29 heavy (non-hydrogen) atoms. The Balaban J connectivity index is 1.31. The average molecular weight is 431 g/mol. The molecule has 1 aromatic carbocycles. The van der Waals surface area contributed by atoms with Gasteiger partial charge in [-0.3, -0.25) is 14.9 Å². The quantitative estimate of drug-likeness (QED) is 0.777. The maximum atomic E-state index is 14.4. The summed E-state index contributed by atoms with van der Waals surface area (Å²) in [4.78, 5) is 11.8. The third-order valence-electron chi connectivity index (χ3n) is 6.32. The minimum atomic E-state index is -0.211. The Bertz CT molecular complexity index is 904. The Labute approximate surface area is 180 Å². The van der Waals surface area contributed by atoms with E-state index in [2.05, 4.69) is 28.2 Å². The van der Waals surface area contributed by atoms with Gasteiger partial charge in [0.25, 0.3) is 0 Å². The molecule has 4 nitrogen and oxygen atoms in total. The van der Waals surface area contributed by atoms with Crippen LogP contribution in [0, 0.1) is 11.7 Å². The molecule has 2 saturated heterocycles. The largest absolute Gasteiger partial charge is 0.307 e. The first-order valence-corrected chi connectivity index (χ1v) is 11.4. The highest BCUT2D eigenvalue weighted by atomic mass is 35.5. The van der Waals surface area contributed by atoms with Gasteiger partial charge in [0.1, 0.15) is 17.0 Å². The van der Waals surface area contributed by atoms with E-state index in [0.29, 0.717) is 27.8 Å². The van der Waals surface area contributed by atoms with E-state index < -0.39 is 0 Å². The van der Waals surface area contributed by atoms with Gasteiger partial charge in [-0.05, 0) is 49.9 Å². The number of fused-ring (bicyclic) bond motifs is 1. The van der Waals surface area contributed by atoms with E-state index in [1.165, 1.54) is 6.07 Å². The molecule has 0 aliphatic carbocycles. The molecule has 0 radical (unpaired) electrons. The summed E-state index contributed by atoms with van der Waals surface area (Å²) in [7, 11) is 0. The van der Waals surface area contributed by atoms with E-state index >= 15 is 0 Å². The summed E-state index contributed by atoms with van der Waals surface area (Å²) in [6.07, 6.45) is 5.83. The number of rotatable bonds is 3. The van der Waals surface area contributed by atoms with Crippen LogP contribution < -0.4 is 5.32 Å². The number of nitrogens with zero attached hydrogens (tertiary/aromatic N) is 3. The van der Waals surface area contributed by atoms with Gasteiger partial charge >= 0.3 is 0 Å². The second-order valence-corrected chi connectivity index (χ2v) is 9.93. The number of aromatic nitrogens is 1. The fourth-order valence-electron chi connectivity index (χ4n) is 4.94. The van der Waals surface area contributed by atoms with Gasteiger partial charge in [-0.1, -0.05) is 29.4 Å². The zero-order chi connectivity index (χ0) is 20.0. The van der Waals surface area contributed by atoms with Crippen LogP contribution in [0.3, 0.4) is 0 Å². The van der Waals surface area contributed by atoms with Gasteiger partial charge in [0.05, 0.1) is 0 Å². The van der Waals surface area contributed by atoms with Gasteiger partial charge in [-0.2, -0.15) is 0 Å². The molecule has 2 aromatic rings. The van der Waals surface area contributed by atoms with Crippen LogP contribution in [0.5, 0.6) is 0 Å². The SMILES string of the molecule is CC1SC(c2cccnc2)=NC1N1CCC2NC(c3c(F)cccc3Cl)CC2C1. The minimum absolute atomic E-state index is 0.0107. The molecule has 4 heterocycles. The molecule has 0 bridgehead atoms. The summed E-state index contributed by atoms with van der Waals surface area (Å²) in [6, 6.07) is 9.39. The van der Waals surface area contributed by atoms with E-state index in [1.807, 2.05) is 24.0 Å². The zero-order valence-electron chi connectivity index (χ0n) is 16.3. The Hall–Kier alpha value is -1.47. The number of piperidine rings is 1. The monoisotopic (exact) mass is 430 g/mol. The molecular formula is C22H24ClFN4S. The van der Waals surface area contributed by atoms with E-state index in [0.717, 1.165) is 36.5 Å². The highest BCUT2D eigenvalue weighted by Crippen LogP contribution is 2.41. The maximum absolute atomic E-state index is 14.4. The van der Waals surface area contributed by atoms with Crippen molar-refractivity contribution < 1.29 is 4.39 Å². The van der Waals surface area contributed by atoms with Crippen LogP contribution in [0.1, 0.15) is 36.9 Å². The Morgan fingerprint density at radius 1 is 1.28 bits per heavy atom. The van der Waals surface area contributed by atoms with Crippen molar-refractivity contribution >= 4 is 28.4 Å². The first-order chi connectivity index (χ1) is 14.1. The number of nitrogens with one attached hydrogen (secondary N) is 1. The standard InChI is InChI=1S/C22H24ClFN4S/c1-13-21(27-22(29-13)14-4-3-8-25-11-14)28-9-7-18-15(12-28)10-19(26-18)20-16(23)5-2-6-17(20)24/h2-6,8,11,13,15,18-19,21,26H,7,9-10,12H2,1H3. The fraction of sp³-hybridized carbons (Fsp3) is 0.455. The third-order valence-corrected chi connectivity index (χ3v) is 7.83. The second-order valence-electron chi connectivity index (χ2n) is 8.15. The molecule has 3 aliphatic rings. The predicted molar refractivity (Wildman–Crippen MR) is 117 cm³/mol. The molecule has 1 aromatic heterocycles. The van der Waals surface area contributed by atoms with Gasteiger partial charge in [0.15, 0.2) is 0 Å². The first kappa shape index (κ1) is 19.5. The van der Waals surface area contributed by atoms with Crippen LogP contribution in [0.15, 0.2) is 47.7 Å². The Kier molecular flexibility index (Phi) is 5.37. The van der Waals surface area contributed by atoms with Crippen molar-refractivity contribution in [3.8, 4) is 0 Å². The summed E-state index contributed by atoms with van der Waals surface area (Å²) in [5, 5.41) is 5.66. The van der Waals surface area contributed by atoms with Gasteiger partial charge in [-0.15, -0.1) is 0 Å². The summed E-state index contributed by atoms with van der Waals surface area (Å²) in [6.45, 7) is 4.24. The molecule has 5 unspecified atom stereocenters. The van der Waals surface area contributed by atoms with E-state index in [1.54, 1.807) is 18.3 Å². The minimum Gasteiger partial charge on any atom is -0.307 e. The molecule has 0 saturated carbocycles. The molecule has 1 N–H and O–H groups in total. The smallest absolute Gasteiger partial charge is 0.129 e. The van der Waals surface area contributed by atoms with Crippen molar-refractivity contribution in [3.63, 3.8) is 0 Å². The number of thioether (sulfide) groups is 1. The topological polar surface area (TPSA) is 40.5 Å². The highest BCUT2D eigenvalue weighted by molar-refractivity contribution is 8.15. The fourth-order valence-corrected chi connectivity index (χ4v) is 6.36. The second kappa shape index (κ2) is 7.99. The van der Waals surface area contributed by atoms with Gasteiger partial charge in [0.2, 0.25) is 0 Å². The summed E-state index contributed by atoms with van der Waals surface area (Å²) in [5.41, 5.74) is 1.72. The molecule has 5 rings (SSSR count). The van der Waals surface area contributed by atoms with Crippen molar-refractivity contribution in [2.24, 2.45) is 10.9 Å². The molecule has 5 atom stereocenters. The number of aliphatic imine (C=N–C) groups is 1. The van der Waals surface area contributed by atoms with Crippen molar-refractivity contribution in [3.05, 3.63) is 64.7 Å². The predicted octanol–water partition coefficient (Wildman–Crippen LogP) is 4.51. The molecule has 3 aliphatic heterocycles. The number of hydrogen-bond acceptors (Lipinski definition) is 5. The third kappa shape index (κ3) is 3.72. The summed E-state index contributed by atoms with van der Waals surface area (Å²) in [5.74, 6) is 0.274. The summed E-state index contributed by atoms with van der Waals surface area (Å²) < 4.78 is 14.4. The normalized spacial score (nSPS) is 32.2. The molecule has 0 spiro atoms. The average Bonchev–Trinajstić information content (AvgIpc) is 3.31. The number of pyridine rings is 1. The molecule has 7 heteroatoms. The van der Waals surface area contributed by atoms with Gasteiger partial charge in [0, 0.05) is 59.0 Å². The van der Waals surface area contributed by atoms with Crippen LogP contribution in [-0.2, 0) is 0 Å². The van der Waals surface area contributed by atoms with Crippen LogP contribution in [0.2, 0.25) is 5.02 Å². The maximum Gasteiger partial charge on any atom is 0.129 e. The first-order valence-electron chi connectivity index (χ1n) is 10.2. The molecule has 2 fully saturated rings. The lowest BCUT2D eigenvalue weighted by molar-refractivity contribution is 0.119.